The summed E-state index contributed by atoms with van der Waals surface area (Å²) in [5.74, 6) is -0.212. The number of ether oxygens (including phenoxy) is 2. The van der Waals surface area contributed by atoms with Gasteiger partial charge >= 0.3 is 0 Å². The average molecular weight is 292 g/mol. The van der Waals surface area contributed by atoms with E-state index in [0.29, 0.717) is 22.2 Å². The number of halogens is 2. The minimum atomic E-state index is -0.468. The molecule has 0 aliphatic rings. The minimum Gasteiger partial charge on any atom is -0.354 e. The standard InChI is InChI=1S/C12H15Cl2NO3/c1-15(7-11(17-2)18-3)12(16)9-5-4-8(13)6-10(9)14/h4-6,11H,7H2,1-3H3. The zero-order valence-corrected chi connectivity index (χ0v) is 12.0. The SMILES string of the molecule is COC(CN(C)C(=O)c1ccc(Cl)cc1Cl)OC. The molecule has 0 radical (unpaired) electrons. The van der Waals surface area contributed by atoms with Crippen molar-refractivity contribution in [3.63, 3.8) is 0 Å². The molecule has 0 aliphatic carbocycles. The van der Waals surface area contributed by atoms with E-state index in [4.69, 9.17) is 32.7 Å². The molecule has 6 heteroatoms. The summed E-state index contributed by atoms with van der Waals surface area (Å²) in [5, 5.41) is 0.816. The van der Waals surface area contributed by atoms with Gasteiger partial charge < -0.3 is 14.4 Å². The Morgan fingerprint density at radius 1 is 1.33 bits per heavy atom. The maximum absolute atomic E-state index is 12.1. The molecule has 4 nitrogen and oxygen atoms in total. The molecule has 1 rings (SSSR count). The highest BCUT2D eigenvalue weighted by atomic mass is 35.5. The van der Waals surface area contributed by atoms with Crippen LogP contribution in [0, 0.1) is 0 Å². The van der Waals surface area contributed by atoms with Crippen molar-refractivity contribution in [2.45, 2.75) is 6.29 Å². The fourth-order valence-corrected chi connectivity index (χ4v) is 1.91. The molecule has 0 atom stereocenters. The van der Waals surface area contributed by atoms with Gasteiger partial charge in [-0.05, 0) is 18.2 Å². The second kappa shape index (κ2) is 6.95. The Morgan fingerprint density at radius 2 is 1.94 bits per heavy atom. The lowest BCUT2D eigenvalue weighted by Crippen LogP contribution is -2.36. The third kappa shape index (κ3) is 3.85. The normalized spacial score (nSPS) is 10.8. The molecule has 0 unspecified atom stereocenters. The Labute approximate surface area is 116 Å². The lowest BCUT2D eigenvalue weighted by molar-refractivity contribution is -0.110. The Bertz CT molecular complexity index is 422. The summed E-state index contributed by atoms with van der Waals surface area (Å²) in [4.78, 5) is 13.6. The minimum absolute atomic E-state index is 0.212. The van der Waals surface area contributed by atoms with Crippen LogP contribution < -0.4 is 0 Å². The molecule has 0 spiro atoms. The van der Waals surface area contributed by atoms with Crippen LogP contribution in [0.15, 0.2) is 18.2 Å². The van der Waals surface area contributed by atoms with Crippen LogP contribution in [0.4, 0.5) is 0 Å². The summed E-state index contributed by atoms with van der Waals surface area (Å²) in [6, 6.07) is 4.76. The monoisotopic (exact) mass is 291 g/mol. The zero-order chi connectivity index (χ0) is 13.7. The topological polar surface area (TPSA) is 38.8 Å². The zero-order valence-electron chi connectivity index (χ0n) is 10.4. The van der Waals surface area contributed by atoms with Gasteiger partial charge in [-0.3, -0.25) is 4.79 Å². The van der Waals surface area contributed by atoms with E-state index in [0.717, 1.165) is 0 Å². The fraction of sp³-hybridized carbons (Fsp3) is 0.417. The number of hydrogen-bond donors (Lipinski definition) is 0. The number of carbonyl (C=O) groups is 1. The summed E-state index contributed by atoms with van der Waals surface area (Å²) in [5.41, 5.74) is 0.398. The molecular formula is C12H15Cl2NO3. The second-order valence-electron chi connectivity index (χ2n) is 3.71. The van der Waals surface area contributed by atoms with Crippen molar-refractivity contribution in [1.29, 1.82) is 0 Å². The quantitative estimate of drug-likeness (QED) is 0.783. The number of carbonyl (C=O) groups excluding carboxylic acids is 1. The summed E-state index contributed by atoms with van der Waals surface area (Å²) < 4.78 is 10.1. The van der Waals surface area contributed by atoms with E-state index in [1.807, 2.05) is 0 Å². The van der Waals surface area contributed by atoms with Crippen molar-refractivity contribution in [3.05, 3.63) is 33.8 Å². The number of methoxy groups -OCH3 is 2. The van der Waals surface area contributed by atoms with Gasteiger partial charge in [0.15, 0.2) is 6.29 Å². The molecule has 0 fully saturated rings. The van der Waals surface area contributed by atoms with Crippen LogP contribution in [-0.2, 0) is 9.47 Å². The van der Waals surface area contributed by atoms with Gasteiger partial charge in [-0.15, -0.1) is 0 Å². The smallest absolute Gasteiger partial charge is 0.255 e. The van der Waals surface area contributed by atoms with Gasteiger partial charge in [0.1, 0.15) is 0 Å². The van der Waals surface area contributed by atoms with Crippen molar-refractivity contribution in [2.75, 3.05) is 27.8 Å². The van der Waals surface area contributed by atoms with E-state index in [1.54, 1.807) is 19.2 Å². The number of likely N-dealkylation sites (N-methyl/N-ethyl adjacent to an activating group) is 1. The van der Waals surface area contributed by atoms with E-state index < -0.39 is 6.29 Å². The van der Waals surface area contributed by atoms with Crippen molar-refractivity contribution < 1.29 is 14.3 Å². The highest BCUT2D eigenvalue weighted by molar-refractivity contribution is 6.36. The molecule has 0 heterocycles. The van der Waals surface area contributed by atoms with Gasteiger partial charge in [0, 0.05) is 26.3 Å². The van der Waals surface area contributed by atoms with Crippen LogP contribution in [0.5, 0.6) is 0 Å². The third-order valence-electron chi connectivity index (χ3n) is 2.46. The van der Waals surface area contributed by atoms with E-state index in [-0.39, 0.29) is 5.91 Å². The summed E-state index contributed by atoms with van der Waals surface area (Å²) >= 11 is 11.8. The number of hydrogen-bond acceptors (Lipinski definition) is 3. The van der Waals surface area contributed by atoms with Crippen LogP contribution in [0.3, 0.4) is 0 Å². The number of rotatable bonds is 5. The Morgan fingerprint density at radius 3 is 2.44 bits per heavy atom. The fourth-order valence-electron chi connectivity index (χ4n) is 1.42. The second-order valence-corrected chi connectivity index (χ2v) is 4.55. The van der Waals surface area contributed by atoms with Gasteiger partial charge in [-0.1, -0.05) is 23.2 Å². The molecular weight excluding hydrogens is 277 g/mol. The van der Waals surface area contributed by atoms with E-state index >= 15 is 0 Å². The number of nitrogens with zero attached hydrogens (tertiary/aromatic N) is 1. The molecule has 0 saturated heterocycles. The van der Waals surface area contributed by atoms with E-state index in [2.05, 4.69) is 0 Å². The molecule has 1 aromatic carbocycles. The molecule has 18 heavy (non-hydrogen) atoms. The molecule has 100 valence electrons. The number of amides is 1. The van der Waals surface area contributed by atoms with Crippen molar-refractivity contribution in [1.82, 2.24) is 4.90 Å². The number of benzene rings is 1. The predicted octanol–water partition coefficient (Wildman–Crippen LogP) is 2.68. The van der Waals surface area contributed by atoms with E-state index in [9.17, 15) is 4.79 Å². The van der Waals surface area contributed by atoms with Crippen LogP contribution in [-0.4, -0.2) is 44.9 Å². The molecule has 0 aliphatic heterocycles. The maximum Gasteiger partial charge on any atom is 0.255 e. The van der Waals surface area contributed by atoms with E-state index in [1.165, 1.54) is 25.2 Å². The van der Waals surface area contributed by atoms with Gasteiger partial charge in [0.2, 0.25) is 0 Å². The molecule has 1 aromatic rings. The van der Waals surface area contributed by atoms with Crippen LogP contribution >= 0.6 is 23.2 Å². The summed E-state index contributed by atoms with van der Waals surface area (Å²) in [6.07, 6.45) is -0.468. The van der Waals surface area contributed by atoms with Crippen LogP contribution in [0.1, 0.15) is 10.4 Å². The molecule has 0 aromatic heterocycles. The van der Waals surface area contributed by atoms with Crippen LogP contribution in [0.25, 0.3) is 0 Å². The lowest BCUT2D eigenvalue weighted by atomic mass is 10.2. The molecule has 1 amide bonds. The first-order valence-electron chi connectivity index (χ1n) is 5.25. The third-order valence-corrected chi connectivity index (χ3v) is 3.00. The van der Waals surface area contributed by atoms with Crippen molar-refractivity contribution >= 4 is 29.1 Å². The molecule has 0 bridgehead atoms. The van der Waals surface area contributed by atoms with Gasteiger partial charge in [0.05, 0.1) is 17.1 Å². The Kier molecular flexibility index (Phi) is 5.88. The first kappa shape index (κ1) is 15.2. The molecule has 0 N–H and O–H groups in total. The summed E-state index contributed by atoms with van der Waals surface area (Å²) in [7, 11) is 4.68. The van der Waals surface area contributed by atoms with Crippen molar-refractivity contribution in [2.24, 2.45) is 0 Å². The maximum atomic E-state index is 12.1. The summed E-state index contributed by atoms with van der Waals surface area (Å²) in [6.45, 7) is 0.310. The molecule has 0 saturated carbocycles. The first-order valence-corrected chi connectivity index (χ1v) is 6.01. The van der Waals surface area contributed by atoms with Crippen LogP contribution in [0.2, 0.25) is 10.0 Å². The highest BCUT2D eigenvalue weighted by Crippen LogP contribution is 2.22. The average Bonchev–Trinajstić information content (AvgIpc) is 2.34. The van der Waals surface area contributed by atoms with Gasteiger partial charge in [0.25, 0.3) is 5.91 Å². The van der Waals surface area contributed by atoms with Gasteiger partial charge in [-0.25, -0.2) is 0 Å². The first-order chi connectivity index (χ1) is 8.49. The highest BCUT2D eigenvalue weighted by Gasteiger charge is 2.18. The Hall–Kier alpha value is -0.810. The Balaban J connectivity index is 2.80. The van der Waals surface area contributed by atoms with Gasteiger partial charge in [-0.2, -0.15) is 0 Å². The predicted molar refractivity (Wildman–Crippen MR) is 71.2 cm³/mol. The van der Waals surface area contributed by atoms with Crippen molar-refractivity contribution in [3.8, 4) is 0 Å². The largest absolute Gasteiger partial charge is 0.354 e. The lowest BCUT2D eigenvalue weighted by Gasteiger charge is -2.22.